The van der Waals surface area contributed by atoms with E-state index in [1.165, 1.54) is 9.21 Å². The molecule has 7 nitrogen and oxygen atoms in total. The van der Waals surface area contributed by atoms with Gasteiger partial charge in [-0.15, -0.1) is 0 Å². The molecule has 3 rings (SSSR count). The highest BCUT2D eigenvalue weighted by molar-refractivity contribution is 7.92. The minimum atomic E-state index is -3.86. The SMILES string of the molecule is Cc1ccc(S(=O)(=O)N(CCC(=O)Nc2cccc(C(=O)N(C)C)c2)c2ccccc2)cc1. The van der Waals surface area contributed by atoms with Crippen LogP contribution in [0.2, 0.25) is 0 Å². The van der Waals surface area contributed by atoms with Crippen LogP contribution < -0.4 is 9.62 Å². The molecule has 0 aliphatic carbocycles. The number of nitrogens with zero attached hydrogens (tertiary/aromatic N) is 2. The van der Waals surface area contributed by atoms with Crippen LogP contribution in [0.4, 0.5) is 11.4 Å². The van der Waals surface area contributed by atoms with Crippen molar-refractivity contribution in [1.29, 1.82) is 0 Å². The molecule has 0 saturated carbocycles. The Morgan fingerprint density at radius 3 is 2.18 bits per heavy atom. The van der Waals surface area contributed by atoms with E-state index >= 15 is 0 Å². The first-order chi connectivity index (χ1) is 15.7. The van der Waals surface area contributed by atoms with Crippen LogP contribution in [-0.2, 0) is 14.8 Å². The number of sulfonamides is 1. The Labute approximate surface area is 194 Å². The molecule has 0 aliphatic rings. The summed E-state index contributed by atoms with van der Waals surface area (Å²) in [5.41, 5.74) is 2.35. The van der Waals surface area contributed by atoms with Gasteiger partial charge in [0.1, 0.15) is 0 Å². The normalized spacial score (nSPS) is 11.0. The molecule has 8 heteroatoms. The number of amides is 2. The van der Waals surface area contributed by atoms with Crippen LogP contribution in [0.25, 0.3) is 0 Å². The lowest BCUT2D eigenvalue weighted by atomic mass is 10.2. The van der Waals surface area contributed by atoms with Crippen LogP contribution >= 0.6 is 0 Å². The van der Waals surface area contributed by atoms with Crippen LogP contribution in [0.1, 0.15) is 22.3 Å². The van der Waals surface area contributed by atoms with Gasteiger partial charge in [-0.25, -0.2) is 8.42 Å². The minimum absolute atomic E-state index is 0.0393. The Morgan fingerprint density at radius 2 is 1.55 bits per heavy atom. The second kappa shape index (κ2) is 10.3. The smallest absolute Gasteiger partial charge is 0.264 e. The van der Waals surface area contributed by atoms with Crippen LogP contribution in [-0.4, -0.2) is 45.8 Å². The van der Waals surface area contributed by atoms with Gasteiger partial charge in [0.25, 0.3) is 15.9 Å². The second-order valence-corrected chi connectivity index (χ2v) is 9.67. The molecule has 0 radical (unpaired) electrons. The second-order valence-electron chi connectivity index (χ2n) is 7.80. The molecule has 0 aromatic heterocycles. The van der Waals surface area contributed by atoms with Crippen molar-refractivity contribution in [1.82, 2.24) is 4.90 Å². The fraction of sp³-hybridized carbons (Fsp3) is 0.200. The summed E-state index contributed by atoms with van der Waals surface area (Å²) in [5, 5.41) is 2.75. The van der Waals surface area contributed by atoms with Gasteiger partial charge in [-0.3, -0.25) is 13.9 Å². The molecule has 0 spiro atoms. The molecule has 33 heavy (non-hydrogen) atoms. The standard InChI is InChI=1S/C25H27N3O4S/c1-19-12-14-23(15-13-19)33(31,32)28(22-10-5-4-6-11-22)17-16-24(29)26-21-9-7-8-20(18-21)25(30)27(2)3/h4-15,18H,16-17H2,1-3H3,(H,26,29). The van der Waals surface area contributed by atoms with E-state index in [-0.39, 0.29) is 29.7 Å². The molecule has 0 bridgehead atoms. The molecule has 2 amide bonds. The summed E-state index contributed by atoms with van der Waals surface area (Å²) >= 11 is 0. The van der Waals surface area contributed by atoms with Crippen LogP contribution in [0.15, 0.2) is 83.8 Å². The van der Waals surface area contributed by atoms with E-state index in [1.54, 1.807) is 93.0 Å². The Balaban J connectivity index is 1.78. The Morgan fingerprint density at radius 1 is 0.879 bits per heavy atom. The fourth-order valence-electron chi connectivity index (χ4n) is 3.23. The van der Waals surface area contributed by atoms with Crippen molar-refractivity contribution in [2.45, 2.75) is 18.2 Å². The molecule has 0 saturated heterocycles. The van der Waals surface area contributed by atoms with Crippen LogP contribution in [0.3, 0.4) is 0 Å². The maximum atomic E-state index is 13.4. The first-order valence-corrected chi connectivity index (χ1v) is 11.9. The maximum absolute atomic E-state index is 13.4. The van der Waals surface area contributed by atoms with Gasteiger partial charge in [-0.1, -0.05) is 42.0 Å². The highest BCUT2D eigenvalue weighted by atomic mass is 32.2. The largest absolute Gasteiger partial charge is 0.345 e. The highest BCUT2D eigenvalue weighted by Gasteiger charge is 2.25. The summed E-state index contributed by atoms with van der Waals surface area (Å²) in [7, 11) is -0.558. The number of hydrogen-bond donors (Lipinski definition) is 1. The molecule has 3 aromatic rings. The number of anilines is 2. The monoisotopic (exact) mass is 465 g/mol. The van der Waals surface area contributed by atoms with Crippen molar-refractivity contribution in [3.05, 3.63) is 90.0 Å². The molecule has 0 fully saturated rings. The number of carbonyl (C=O) groups is 2. The maximum Gasteiger partial charge on any atom is 0.264 e. The van der Waals surface area contributed by atoms with Gasteiger partial charge < -0.3 is 10.2 Å². The molecular weight excluding hydrogens is 438 g/mol. The third-order valence-corrected chi connectivity index (χ3v) is 6.84. The van der Waals surface area contributed by atoms with Crippen molar-refractivity contribution < 1.29 is 18.0 Å². The zero-order chi connectivity index (χ0) is 24.0. The van der Waals surface area contributed by atoms with Crippen molar-refractivity contribution >= 4 is 33.2 Å². The van der Waals surface area contributed by atoms with Gasteiger partial charge in [0, 0.05) is 38.3 Å². The number of benzene rings is 3. The topological polar surface area (TPSA) is 86.8 Å². The summed E-state index contributed by atoms with van der Waals surface area (Å²) in [6, 6.07) is 21.9. The lowest BCUT2D eigenvalue weighted by Gasteiger charge is -2.24. The predicted octanol–water partition coefficient (Wildman–Crippen LogP) is 3.92. The quantitative estimate of drug-likeness (QED) is 0.546. The third-order valence-electron chi connectivity index (χ3n) is 4.99. The van der Waals surface area contributed by atoms with Crippen molar-refractivity contribution in [3.63, 3.8) is 0 Å². The zero-order valence-corrected chi connectivity index (χ0v) is 19.7. The molecular formula is C25H27N3O4S. The summed E-state index contributed by atoms with van der Waals surface area (Å²) in [6.07, 6.45) is -0.0637. The number of para-hydroxylation sites is 1. The predicted molar refractivity (Wildman–Crippen MR) is 130 cm³/mol. The Hall–Kier alpha value is -3.65. The summed E-state index contributed by atoms with van der Waals surface area (Å²) < 4.78 is 27.9. The molecule has 0 atom stereocenters. The van der Waals surface area contributed by atoms with Gasteiger partial charge >= 0.3 is 0 Å². The summed E-state index contributed by atoms with van der Waals surface area (Å²) in [4.78, 5) is 26.4. The van der Waals surface area contributed by atoms with E-state index in [1.807, 2.05) is 6.92 Å². The van der Waals surface area contributed by atoms with Gasteiger partial charge in [0.2, 0.25) is 5.91 Å². The molecule has 0 heterocycles. The molecule has 0 unspecified atom stereocenters. The molecule has 3 aromatic carbocycles. The van der Waals surface area contributed by atoms with Gasteiger partial charge in [-0.05, 0) is 49.4 Å². The van der Waals surface area contributed by atoms with Crippen molar-refractivity contribution in [2.75, 3.05) is 30.3 Å². The first-order valence-electron chi connectivity index (χ1n) is 10.4. The van der Waals surface area contributed by atoms with Crippen molar-refractivity contribution in [2.24, 2.45) is 0 Å². The lowest BCUT2D eigenvalue weighted by molar-refractivity contribution is -0.116. The molecule has 0 aliphatic heterocycles. The van der Waals surface area contributed by atoms with Gasteiger partial charge in [0.05, 0.1) is 10.6 Å². The highest BCUT2D eigenvalue weighted by Crippen LogP contribution is 2.24. The van der Waals surface area contributed by atoms with E-state index in [9.17, 15) is 18.0 Å². The van der Waals surface area contributed by atoms with Crippen LogP contribution in [0, 0.1) is 6.92 Å². The third kappa shape index (κ3) is 5.98. The van der Waals surface area contributed by atoms with Gasteiger partial charge in [-0.2, -0.15) is 0 Å². The number of nitrogens with one attached hydrogen (secondary N) is 1. The van der Waals surface area contributed by atoms with E-state index in [0.29, 0.717) is 16.9 Å². The fourth-order valence-corrected chi connectivity index (χ4v) is 4.70. The van der Waals surface area contributed by atoms with E-state index in [4.69, 9.17) is 0 Å². The van der Waals surface area contributed by atoms with Crippen LogP contribution in [0.5, 0.6) is 0 Å². The van der Waals surface area contributed by atoms with E-state index in [0.717, 1.165) is 5.56 Å². The number of hydrogen-bond acceptors (Lipinski definition) is 4. The molecule has 172 valence electrons. The summed E-state index contributed by atoms with van der Waals surface area (Å²) in [5.74, 6) is -0.532. The number of carbonyl (C=O) groups excluding carboxylic acids is 2. The van der Waals surface area contributed by atoms with E-state index in [2.05, 4.69) is 5.32 Å². The zero-order valence-electron chi connectivity index (χ0n) is 18.9. The molecule has 1 N–H and O–H groups in total. The summed E-state index contributed by atoms with van der Waals surface area (Å²) in [6.45, 7) is 1.85. The first kappa shape index (κ1) is 24.0. The van der Waals surface area contributed by atoms with Gasteiger partial charge in [0.15, 0.2) is 0 Å². The average Bonchev–Trinajstić information content (AvgIpc) is 2.79. The Kier molecular flexibility index (Phi) is 7.50. The minimum Gasteiger partial charge on any atom is -0.345 e. The van der Waals surface area contributed by atoms with Crippen molar-refractivity contribution in [3.8, 4) is 0 Å². The number of aryl methyl sites for hydroxylation is 1. The average molecular weight is 466 g/mol. The number of rotatable bonds is 8. The van der Waals surface area contributed by atoms with E-state index < -0.39 is 10.0 Å². The Bertz CT molecular complexity index is 1220. The lowest BCUT2D eigenvalue weighted by Crippen LogP contribution is -2.34.